The monoisotopic (exact) mass is 177 g/mol. The molecule has 0 saturated carbocycles. The second-order valence-electron chi connectivity index (χ2n) is 2.87. The van der Waals surface area contributed by atoms with Gasteiger partial charge < -0.3 is 0 Å². The topological polar surface area (TPSA) is 17.1 Å². The number of carbonyl (C=O) groups excluding carboxylic acids is 1. The van der Waals surface area contributed by atoms with Crippen molar-refractivity contribution < 1.29 is 4.79 Å². The third-order valence-electron chi connectivity index (χ3n) is 2.05. The molecular formula is C10H9OS. The highest BCUT2D eigenvalue weighted by atomic mass is 32.2. The van der Waals surface area contributed by atoms with Crippen molar-refractivity contribution in [2.45, 2.75) is 23.0 Å². The molecule has 1 atom stereocenters. The van der Waals surface area contributed by atoms with E-state index in [0.29, 0.717) is 0 Å². The molecule has 0 bridgehead atoms. The first kappa shape index (κ1) is 7.87. The second-order valence-corrected chi connectivity index (χ2v) is 4.12. The smallest absolute Gasteiger partial charge is 0.212 e. The molecule has 12 heavy (non-hydrogen) atoms. The normalized spacial score (nSPS) is 21.5. The van der Waals surface area contributed by atoms with E-state index in [1.165, 1.54) is 10.5 Å². The molecular weight excluding hydrogens is 168 g/mol. The van der Waals surface area contributed by atoms with Gasteiger partial charge in [-0.3, -0.25) is 4.79 Å². The maximum Gasteiger partial charge on any atom is 0.212 e. The maximum absolute atomic E-state index is 10.4. The van der Waals surface area contributed by atoms with Crippen LogP contribution in [0.4, 0.5) is 0 Å². The standard InChI is InChI=1S/C10H9OS/c11-7-9-6-5-8-3-1-2-4-10(8)12-9/h1-4,9H,5-6H2. The Hall–Kier alpha value is -0.760. The largest absolute Gasteiger partial charge is 0.290 e. The highest BCUT2D eigenvalue weighted by Gasteiger charge is 2.18. The quantitative estimate of drug-likeness (QED) is 0.654. The molecule has 61 valence electrons. The molecule has 2 rings (SSSR count). The summed E-state index contributed by atoms with van der Waals surface area (Å²) < 4.78 is 0. The molecule has 0 saturated heterocycles. The Labute approximate surface area is 76.2 Å². The van der Waals surface area contributed by atoms with E-state index in [-0.39, 0.29) is 5.25 Å². The van der Waals surface area contributed by atoms with E-state index in [2.05, 4.69) is 18.4 Å². The number of benzene rings is 1. The fraction of sp³-hybridized carbons (Fsp3) is 0.300. The van der Waals surface area contributed by atoms with Crippen molar-refractivity contribution in [3.63, 3.8) is 0 Å². The van der Waals surface area contributed by atoms with Crippen molar-refractivity contribution in [1.29, 1.82) is 0 Å². The summed E-state index contributed by atoms with van der Waals surface area (Å²) in [5.41, 5.74) is 1.37. The van der Waals surface area contributed by atoms with Gasteiger partial charge in [0, 0.05) is 4.90 Å². The minimum Gasteiger partial charge on any atom is -0.290 e. The van der Waals surface area contributed by atoms with Gasteiger partial charge in [-0.2, -0.15) is 0 Å². The van der Waals surface area contributed by atoms with Crippen LogP contribution in [0.25, 0.3) is 0 Å². The molecule has 0 fully saturated rings. The number of fused-ring (bicyclic) bond motifs is 1. The summed E-state index contributed by atoms with van der Waals surface area (Å²) in [5.74, 6) is 0. The Morgan fingerprint density at radius 1 is 1.42 bits per heavy atom. The average Bonchev–Trinajstić information content (AvgIpc) is 2.17. The molecule has 1 aliphatic heterocycles. The fourth-order valence-corrected chi connectivity index (χ4v) is 2.48. The molecule has 1 aromatic rings. The van der Waals surface area contributed by atoms with E-state index in [9.17, 15) is 4.79 Å². The van der Waals surface area contributed by atoms with Gasteiger partial charge in [-0.1, -0.05) is 18.2 Å². The first-order valence-electron chi connectivity index (χ1n) is 4.02. The summed E-state index contributed by atoms with van der Waals surface area (Å²) in [6, 6.07) is 8.26. The van der Waals surface area contributed by atoms with Crippen LogP contribution in [0.5, 0.6) is 0 Å². The van der Waals surface area contributed by atoms with Crippen LogP contribution in [-0.2, 0) is 11.2 Å². The van der Waals surface area contributed by atoms with Crippen molar-refractivity contribution in [2.24, 2.45) is 0 Å². The van der Waals surface area contributed by atoms with Gasteiger partial charge in [0.15, 0.2) is 0 Å². The van der Waals surface area contributed by atoms with Crippen molar-refractivity contribution in [3.8, 4) is 0 Å². The average molecular weight is 177 g/mol. The Bertz CT molecular complexity index is 296. The molecule has 2 heteroatoms. The molecule has 1 nitrogen and oxygen atoms in total. The molecule has 1 heterocycles. The van der Waals surface area contributed by atoms with Crippen LogP contribution in [0, 0.1) is 0 Å². The molecule has 0 spiro atoms. The zero-order chi connectivity index (χ0) is 8.39. The van der Waals surface area contributed by atoms with Gasteiger partial charge in [-0.05, 0) is 24.5 Å². The number of rotatable bonds is 1. The van der Waals surface area contributed by atoms with Crippen molar-refractivity contribution in [1.82, 2.24) is 0 Å². The first-order chi connectivity index (χ1) is 5.90. The van der Waals surface area contributed by atoms with Gasteiger partial charge >= 0.3 is 0 Å². The Morgan fingerprint density at radius 2 is 2.25 bits per heavy atom. The lowest BCUT2D eigenvalue weighted by molar-refractivity contribution is 0.549. The summed E-state index contributed by atoms with van der Waals surface area (Å²) in [6.07, 6.45) is 4.01. The Morgan fingerprint density at radius 3 is 3.08 bits per heavy atom. The lowest BCUT2D eigenvalue weighted by Gasteiger charge is -2.18. The van der Waals surface area contributed by atoms with Crippen molar-refractivity contribution >= 4 is 18.0 Å². The highest BCUT2D eigenvalue weighted by molar-refractivity contribution is 8.00. The van der Waals surface area contributed by atoms with E-state index in [1.54, 1.807) is 11.8 Å². The van der Waals surface area contributed by atoms with Crippen LogP contribution >= 0.6 is 11.8 Å². The summed E-state index contributed by atoms with van der Waals surface area (Å²) >= 11 is 1.63. The second kappa shape index (κ2) is 3.31. The molecule has 1 aromatic carbocycles. The van der Waals surface area contributed by atoms with Gasteiger partial charge in [0.05, 0.1) is 5.25 Å². The van der Waals surface area contributed by atoms with Gasteiger partial charge in [-0.25, -0.2) is 0 Å². The van der Waals surface area contributed by atoms with Crippen LogP contribution in [0.3, 0.4) is 0 Å². The molecule has 1 radical (unpaired) electrons. The number of aryl methyl sites for hydroxylation is 1. The van der Waals surface area contributed by atoms with Gasteiger partial charge in [-0.15, -0.1) is 11.8 Å². The summed E-state index contributed by atoms with van der Waals surface area (Å²) in [7, 11) is 0. The van der Waals surface area contributed by atoms with Gasteiger partial charge in [0.2, 0.25) is 6.29 Å². The SMILES string of the molecule is O=[C]C1CCc2ccccc2S1. The van der Waals surface area contributed by atoms with Crippen LogP contribution in [0.1, 0.15) is 12.0 Å². The van der Waals surface area contributed by atoms with E-state index >= 15 is 0 Å². The first-order valence-corrected chi connectivity index (χ1v) is 4.90. The number of thioether (sulfide) groups is 1. The van der Waals surface area contributed by atoms with E-state index in [1.807, 2.05) is 12.1 Å². The molecule has 0 aromatic heterocycles. The Kier molecular flexibility index (Phi) is 2.17. The molecule has 0 aliphatic carbocycles. The molecule has 0 N–H and O–H groups in total. The minimum atomic E-state index is 0.0555. The third-order valence-corrected chi connectivity index (χ3v) is 3.32. The fourth-order valence-electron chi connectivity index (χ4n) is 1.41. The van der Waals surface area contributed by atoms with Gasteiger partial charge in [0.1, 0.15) is 0 Å². The minimum absolute atomic E-state index is 0.0555. The summed E-state index contributed by atoms with van der Waals surface area (Å²) in [5, 5.41) is 0.0555. The number of hydrogen-bond donors (Lipinski definition) is 0. The van der Waals surface area contributed by atoms with Crippen molar-refractivity contribution in [3.05, 3.63) is 29.8 Å². The predicted molar refractivity (Wildman–Crippen MR) is 50.1 cm³/mol. The summed E-state index contributed by atoms with van der Waals surface area (Å²) in [6.45, 7) is 0. The molecule has 1 aliphatic rings. The lowest BCUT2D eigenvalue weighted by Crippen LogP contribution is -2.11. The van der Waals surface area contributed by atoms with Crippen LogP contribution in [-0.4, -0.2) is 11.5 Å². The van der Waals surface area contributed by atoms with Crippen molar-refractivity contribution in [2.75, 3.05) is 0 Å². The van der Waals surface area contributed by atoms with E-state index in [4.69, 9.17) is 0 Å². The molecule has 0 amide bonds. The molecule has 1 unspecified atom stereocenters. The Balaban J connectivity index is 2.28. The third kappa shape index (κ3) is 1.39. The van der Waals surface area contributed by atoms with Gasteiger partial charge in [0.25, 0.3) is 0 Å². The maximum atomic E-state index is 10.4. The summed E-state index contributed by atoms with van der Waals surface area (Å²) in [4.78, 5) is 11.7. The lowest BCUT2D eigenvalue weighted by atomic mass is 10.1. The zero-order valence-corrected chi connectivity index (χ0v) is 7.43. The number of hydrogen-bond acceptors (Lipinski definition) is 2. The van der Waals surface area contributed by atoms with E-state index < -0.39 is 0 Å². The highest BCUT2D eigenvalue weighted by Crippen LogP contribution is 2.33. The van der Waals surface area contributed by atoms with Crippen LogP contribution in [0.2, 0.25) is 0 Å². The van der Waals surface area contributed by atoms with E-state index in [0.717, 1.165) is 12.8 Å². The predicted octanol–water partition coefficient (Wildman–Crippen LogP) is 2.20. The van der Waals surface area contributed by atoms with Crippen LogP contribution < -0.4 is 0 Å². The van der Waals surface area contributed by atoms with Crippen LogP contribution in [0.15, 0.2) is 29.2 Å². The zero-order valence-electron chi connectivity index (χ0n) is 6.62.